The van der Waals surface area contributed by atoms with Gasteiger partial charge in [0.2, 0.25) is 5.91 Å². The lowest BCUT2D eigenvalue weighted by Gasteiger charge is -2.13. The van der Waals surface area contributed by atoms with Gasteiger partial charge in [0.1, 0.15) is 0 Å². The molecule has 0 bridgehead atoms. The van der Waals surface area contributed by atoms with Crippen LogP contribution in [0.5, 0.6) is 0 Å². The average Bonchev–Trinajstić information content (AvgIpc) is 3.14. The summed E-state index contributed by atoms with van der Waals surface area (Å²) in [6.07, 6.45) is 3.04. The second kappa shape index (κ2) is 9.28. The van der Waals surface area contributed by atoms with Crippen LogP contribution >= 0.6 is 24.8 Å². The zero-order valence-corrected chi connectivity index (χ0v) is 15.8. The van der Waals surface area contributed by atoms with E-state index in [0.717, 1.165) is 38.3 Å². The molecule has 0 spiro atoms. The highest BCUT2D eigenvalue weighted by atomic mass is 35.5. The molecule has 24 heavy (non-hydrogen) atoms. The zero-order valence-electron chi connectivity index (χ0n) is 14.1. The van der Waals surface area contributed by atoms with E-state index < -0.39 is 0 Å². The van der Waals surface area contributed by atoms with E-state index in [1.807, 2.05) is 6.07 Å². The van der Waals surface area contributed by atoms with Gasteiger partial charge in [-0.2, -0.15) is 0 Å². The Bertz CT molecular complexity index is 666. The summed E-state index contributed by atoms with van der Waals surface area (Å²) in [5.41, 5.74) is 2.05. The summed E-state index contributed by atoms with van der Waals surface area (Å²) < 4.78 is 2.24. The molecule has 1 aliphatic heterocycles. The quantitative estimate of drug-likeness (QED) is 0.847. The van der Waals surface area contributed by atoms with E-state index in [9.17, 15) is 4.79 Å². The normalized spacial score (nSPS) is 16.7. The Morgan fingerprint density at radius 1 is 1.33 bits per heavy atom. The zero-order chi connectivity index (χ0) is 15.5. The van der Waals surface area contributed by atoms with Gasteiger partial charge in [-0.05, 0) is 50.6 Å². The van der Waals surface area contributed by atoms with Gasteiger partial charge in [-0.15, -0.1) is 24.8 Å². The number of fused-ring (bicyclic) bond motifs is 1. The number of nitrogens with one attached hydrogen (secondary N) is 2. The second-order valence-electron chi connectivity index (χ2n) is 6.26. The summed E-state index contributed by atoms with van der Waals surface area (Å²) in [4.78, 5) is 14.4. The Kier molecular flexibility index (Phi) is 8.03. The number of amides is 1. The topological polar surface area (TPSA) is 49.3 Å². The molecule has 134 valence electrons. The minimum absolute atomic E-state index is 0. The van der Waals surface area contributed by atoms with Crippen LogP contribution in [0.15, 0.2) is 30.5 Å². The molecule has 3 rings (SSSR count). The van der Waals surface area contributed by atoms with Gasteiger partial charge in [0, 0.05) is 31.5 Å². The van der Waals surface area contributed by atoms with E-state index in [2.05, 4.69) is 58.6 Å². The maximum Gasteiger partial charge on any atom is 0.228 e. The lowest BCUT2D eigenvalue weighted by Crippen LogP contribution is -2.24. The van der Waals surface area contributed by atoms with Crippen molar-refractivity contribution in [1.29, 1.82) is 0 Å². The Balaban J connectivity index is 0.00000144. The number of hydrogen-bond acceptors (Lipinski definition) is 3. The highest BCUT2D eigenvalue weighted by Gasteiger charge is 2.22. The number of hydrogen-bond donors (Lipinski definition) is 2. The monoisotopic (exact) mass is 372 g/mol. The molecular weight excluding hydrogens is 347 g/mol. The molecular formula is C17H26Cl2N4O. The number of benzene rings is 1. The van der Waals surface area contributed by atoms with Crippen molar-refractivity contribution < 1.29 is 4.79 Å². The van der Waals surface area contributed by atoms with Gasteiger partial charge in [0.05, 0.1) is 11.4 Å². The molecule has 1 aromatic heterocycles. The second-order valence-corrected chi connectivity index (χ2v) is 6.26. The lowest BCUT2D eigenvalue weighted by molar-refractivity contribution is -0.119. The van der Waals surface area contributed by atoms with Crippen molar-refractivity contribution >= 4 is 47.3 Å². The first-order valence-electron chi connectivity index (χ1n) is 7.89. The lowest BCUT2D eigenvalue weighted by atomic mass is 10.1. The number of halogens is 2. The summed E-state index contributed by atoms with van der Waals surface area (Å²) in [5, 5.41) is 7.49. The molecule has 5 nitrogen and oxygen atoms in total. The van der Waals surface area contributed by atoms with Crippen molar-refractivity contribution in [3.63, 3.8) is 0 Å². The first-order chi connectivity index (χ1) is 10.6. The standard InChI is InChI=1S/C17H24N4O.2ClH/c1-20(2)9-10-21-8-6-13-3-4-15(11-16(13)21)19-17(22)14-5-7-18-12-14;;/h3-4,6,8,11,14,18H,5,7,9-10,12H2,1-2H3,(H,19,22);2*1H. The fourth-order valence-corrected chi connectivity index (χ4v) is 2.89. The maximum atomic E-state index is 12.2. The van der Waals surface area contributed by atoms with Crippen molar-refractivity contribution in [3.05, 3.63) is 30.5 Å². The first-order valence-corrected chi connectivity index (χ1v) is 7.89. The number of nitrogens with zero attached hydrogens (tertiary/aromatic N) is 2. The average molecular weight is 373 g/mol. The Morgan fingerprint density at radius 2 is 2.12 bits per heavy atom. The summed E-state index contributed by atoms with van der Waals surface area (Å²) in [6.45, 7) is 3.66. The van der Waals surface area contributed by atoms with Gasteiger partial charge in [0.15, 0.2) is 0 Å². The van der Waals surface area contributed by atoms with Gasteiger partial charge in [-0.1, -0.05) is 6.07 Å². The molecule has 2 N–H and O–H groups in total. The highest BCUT2D eigenvalue weighted by Crippen LogP contribution is 2.21. The fraction of sp³-hybridized carbons (Fsp3) is 0.471. The van der Waals surface area contributed by atoms with E-state index in [1.54, 1.807) is 0 Å². The summed E-state index contributed by atoms with van der Waals surface area (Å²) in [6, 6.07) is 8.26. The summed E-state index contributed by atoms with van der Waals surface area (Å²) >= 11 is 0. The first kappa shape index (κ1) is 20.8. The van der Waals surface area contributed by atoms with Gasteiger partial charge < -0.3 is 20.1 Å². The third kappa shape index (κ3) is 4.86. The molecule has 7 heteroatoms. The summed E-state index contributed by atoms with van der Waals surface area (Å²) in [5.74, 6) is 0.215. The molecule has 1 saturated heterocycles. The van der Waals surface area contributed by atoms with E-state index in [1.165, 1.54) is 10.9 Å². The molecule has 2 aromatic rings. The van der Waals surface area contributed by atoms with Crippen LogP contribution in [0.1, 0.15) is 6.42 Å². The number of likely N-dealkylation sites (N-methyl/N-ethyl adjacent to an activating group) is 1. The van der Waals surface area contributed by atoms with Gasteiger partial charge in [-0.3, -0.25) is 4.79 Å². The molecule has 0 radical (unpaired) electrons. The van der Waals surface area contributed by atoms with Crippen molar-refractivity contribution in [2.24, 2.45) is 5.92 Å². The number of anilines is 1. The van der Waals surface area contributed by atoms with Crippen molar-refractivity contribution in [3.8, 4) is 0 Å². The predicted molar refractivity (Wildman–Crippen MR) is 105 cm³/mol. The van der Waals surface area contributed by atoms with Crippen LogP contribution in [0.3, 0.4) is 0 Å². The predicted octanol–water partition coefficient (Wildman–Crippen LogP) is 2.59. The van der Waals surface area contributed by atoms with Crippen molar-refractivity contribution in [2.75, 3.05) is 39.0 Å². The molecule has 1 unspecified atom stereocenters. The summed E-state index contributed by atoms with van der Waals surface area (Å²) in [7, 11) is 4.15. The Hall–Kier alpha value is -1.27. The van der Waals surface area contributed by atoms with Crippen molar-refractivity contribution in [2.45, 2.75) is 13.0 Å². The number of carbonyl (C=O) groups excluding carboxylic acids is 1. The van der Waals surface area contributed by atoms with Crippen LogP contribution < -0.4 is 10.6 Å². The molecule has 1 aromatic carbocycles. The maximum absolute atomic E-state index is 12.2. The third-order valence-corrected chi connectivity index (χ3v) is 4.26. The van der Waals surface area contributed by atoms with Crippen molar-refractivity contribution in [1.82, 2.24) is 14.8 Å². The molecule has 2 heterocycles. The van der Waals surface area contributed by atoms with E-state index in [0.29, 0.717) is 0 Å². The van der Waals surface area contributed by atoms with Crippen LogP contribution in [0.4, 0.5) is 5.69 Å². The number of rotatable bonds is 5. The van der Waals surface area contributed by atoms with E-state index in [-0.39, 0.29) is 36.6 Å². The number of carbonyl (C=O) groups is 1. The molecule has 1 atom stereocenters. The van der Waals surface area contributed by atoms with Crippen LogP contribution in [-0.2, 0) is 11.3 Å². The van der Waals surface area contributed by atoms with Gasteiger partial charge in [-0.25, -0.2) is 0 Å². The van der Waals surface area contributed by atoms with Gasteiger partial charge >= 0.3 is 0 Å². The molecule has 1 amide bonds. The number of aromatic nitrogens is 1. The van der Waals surface area contributed by atoms with Crippen LogP contribution in [0, 0.1) is 5.92 Å². The van der Waals surface area contributed by atoms with Crippen LogP contribution in [0.2, 0.25) is 0 Å². The molecule has 1 aliphatic rings. The molecule has 0 aliphatic carbocycles. The molecule has 1 fully saturated rings. The SMILES string of the molecule is CN(C)CCn1ccc2ccc(NC(=O)C3CCNC3)cc21.Cl.Cl. The van der Waals surface area contributed by atoms with Crippen LogP contribution in [0.25, 0.3) is 10.9 Å². The third-order valence-electron chi connectivity index (χ3n) is 4.26. The van der Waals surface area contributed by atoms with Crippen LogP contribution in [-0.4, -0.2) is 49.1 Å². The smallest absolute Gasteiger partial charge is 0.228 e. The largest absolute Gasteiger partial charge is 0.346 e. The Labute approximate surface area is 155 Å². The minimum Gasteiger partial charge on any atom is -0.346 e. The van der Waals surface area contributed by atoms with E-state index in [4.69, 9.17) is 0 Å². The highest BCUT2D eigenvalue weighted by molar-refractivity contribution is 5.95. The Morgan fingerprint density at radius 3 is 2.79 bits per heavy atom. The molecule has 0 saturated carbocycles. The minimum atomic E-state index is 0. The fourth-order valence-electron chi connectivity index (χ4n) is 2.89. The van der Waals surface area contributed by atoms with E-state index >= 15 is 0 Å². The van der Waals surface area contributed by atoms with Gasteiger partial charge in [0.25, 0.3) is 0 Å².